The second kappa shape index (κ2) is 6.25. The summed E-state index contributed by atoms with van der Waals surface area (Å²) >= 11 is 7.39. The number of esters is 1. The number of thiazole rings is 1. The molecule has 0 aliphatic carbocycles. The van der Waals surface area contributed by atoms with Crippen molar-refractivity contribution in [2.75, 3.05) is 11.9 Å². The molecule has 112 valence electrons. The summed E-state index contributed by atoms with van der Waals surface area (Å²) in [5, 5.41) is 4.30. The molecule has 0 saturated carbocycles. The van der Waals surface area contributed by atoms with Gasteiger partial charge in [-0.2, -0.15) is 0 Å². The molecule has 0 aliphatic rings. The molecule has 0 saturated heterocycles. The molecule has 0 amide bonds. The number of ether oxygens (including phenoxy) is 1. The maximum Gasteiger partial charge on any atom is 0.343 e. The van der Waals surface area contributed by atoms with E-state index in [1.807, 2.05) is 12.1 Å². The molecule has 6 nitrogen and oxygen atoms in total. The van der Waals surface area contributed by atoms with Crippen LogP contribution in [-0.2, 0) is 4.74 Å². The highest BCUT2D eigenvalue weighted by Gasteiger charge is 2.15. The molecule has 0 bridgehead atoms. The molecule has 0 radical (unpaired) electrons. The summed E-state index contributed by atoms with van der Waals surface area (Å²) in [5.74, 6) is -0.117. The third kappa shape index (κ3) is 3.00. The molecule has 0 unspecified atom stereocenters. The van der Waals surface area contributed by atoms with Gasteiger partial charge >= 0.3 is 5.97 Å². The predicted molar refractivity (Wildman–Crippen MR) is 85.9 cm³/mol. The highest BCUT2D eigenvalue weighted by molar-refractivity contribution is 7.22. The second-order valence-electron chi connectivity index (χ2n) is 4.26. The molecular weight excluding hydrogens is 324 g/mol. The molecule has 1 aromatic carbocycles. The van der Waals surface area contributed by atoms with E-state index in [-0.39, 0.29) is 12.2 Å². The molecule has 2 aromatic heterocycles. The van der Waals surface area contributed by atoms with Crippen LogP contribution in [0.25, 0.3) is 10.2 Å². The van der Waals surface area contributed by atoms with Gasteiger partial charge in [-0.05, 0) is 25.1 Å². The van der Waals surface area contributed by atoms with Gasteiger partial charge in [-0.25, -0.2) is 19.7 Å². The number of carbonyl (C=O) groups excluding carboxylic acids is 1. The van der Waals surface area contributed by atoms with Crippen molar-refractivity contribution in [2.24, 2.45) is 0 Å². The lowest BCUT2D eigenvalue weighted by molar-refractivity contribution is 0.0526. The Morgan fingerprint density at radius 1 is 1.45 bits per heavy atom. The van der Waals surface area contributed by atoms with Crippen LogP contribution in [0.15, 0.2) is 30.7 Å². The lowest BCUT2D eigenvalue weighted by Crippen LogP contribution is -2.09. The maximum atomic E-state index is 11.9. The number of hydrogen-bond acceptors (Lipinski definition) is 7. The average Bonchev–Trinajstić information content (AvgIpc) is 2.89. The molecule has 0 spiro atoms. The van der Waals surface area contributed by atoms with Gasteiger partial charge in [0.1, 0.15) is 17.7 Å². The molecule has 3 rings (SSSR count). The SMILES string of the molecule is CCOC(=O)c1cncnc1Nc1nc2ccc(Cl)cc2s1. The molecular formula is C14H11ClN4O2S. The Morgan fingerprint density at radius 3 is 3.14 bits per heavy atom. The molecule has 0 fully saturated rings. The van der Waals surface area contributed by atoms with Gasteiger partial charge in [0.2, 0.25) is 0 Å². The average molecular weight is 335 g/mol. The van der Waals surface area contributed by atoms with Crippen molar-refractivity contribution in [3.05, 3.63) is 41.3 Å². The standard InChI is InChI=1S/C14H11ClN4O2S/c1-2-21-13(20)9-6-16-7-17-12(9)19-14-18-10-4-3-8(15)5-11(10)22-14/h3-7H,2H2,1H3,(H,16,17,18,19). The number of hydrogen-bond donors (Lipinski definition) is 1. The third-order valence-corrected chi connectivity index (χ3v) is 3.95. The Kier molecular flexibility index (Phi) is 4.17. The Balaban J connectivity index is 1.93. The zero-order valence-electron chi connectivity index (χ0n) is 11.5. The normalized spacial score (nSPS) is 10.6. The number of nitrogens with zero attached hydrogens (tertiary/aromatic N) is 3. The Bertz CT molecular complexity index is 837. The lowest BCUT2D eigenvalue weighted by Gasteiger charge is -2.07. The van der Waals surface area contributed by atoms with Crippen LogP contribution >= 0.6 is 22.9 Å². The first kappa shape index (κ1) is 14.7. The summed E-state index contributed by atoms with van der Waals surface area (Å²) in [7, 11) is 0. The number of benzene rings is 1. The Labute approximate surface area is 135 Å². The van der Waals surface area contributed by atoms with Gasteiger partial charge < -0.3 is 10.1 Å². The van der Waals surface area contributed by atoms with Gasteiger partial charge in [-0.1, -0.05) is 22.9 Å². The van der Waals surface area contributed by atoms with Crippen LogP contribution in [0, 0.1) is 0 Å². The first-order chi connectivity index (χ1) is 10.7. The number of aromatic nitrogens is 3. The molecule has 3 aromatic rings. The first-order valence-corrected chi connectivity index (χ1v) is 7.67. The minimum atomic E-state index is -0.477. The van der Waals surface area contributed by atoms with E-state index < -0.39 is 5.97 Å². The largest absolute Gasteiger partial charge is 0.462 e. The van der Waals surface area contributed by atoms with Crippen molar-refractivity contribution < 1.29 is 9.53 Å². The van der Waals surface area contributed by atoms with E-state index in [0.717, 1.165) is 10.2 Å². The fourth-order valence-corrected chi connectivity index (χ4v) is 2.98. The number of halogens is 1. The van der Waals surface area contributed by atoms with Gasteiger partial charge in [-0.3, -0.25) is 0 Å². The first-order valence-electron chi connectivity index (χ1n) is 6.47. The van der Waals surface area contributed by atoms with Gasteiger partial charge in [-0.15, -0.1) is 0 Å². The second-order valence-corrected chi connectivity index (χ2v) is 5.73. The van der Waals surface area contributed by atoms with E-state index in [2.05, 4.69) is 20.3 Å². The van der Waals surface area contributed by atoms with Crippen LogP contribution < -0.4 is 5.32 Å². The van der Waals surface area contributed by atoms with Gasteiger partial charge in [0.15, 0.2) is 5.13 Å². The minimum absolute atomic E-state index is 0.265. The summed E-state index contributed by atoms with van der Waals surface area (Å²) in [6, 6.07) is 5.46. The molecule has 8 heteroatoms. The fraction of sp³-hybridized carbons (Fsp3) is 0.143. The number of anilines is 2. The van der Waals surface area contributed by atoms with Gasteiger partial charge in [0.05, 0.1) is 16.8 Å². The topological polar surface area (TPSA) is 77.0 Å². The van der Waals surface area contributed by atoms with E-state index in [9.17, 15) is 4.79 Å². The quantitative estimate of drug-likeness (QED) is 0.734. The monoisotopic (exact) mass is 334 g/mol. The summed E-state index contributed by atoms with van der Waals surface area (Å²) in [6.07, 6.45) is 2.77. The Hall–Kier alpha value is -2.25. The van der Waals surface area contributed by atoms with Crippen LogP contribution in [0.1, 0.15) is 17.3 Å². The predicted octanol–water partition coefficient (Wildman–Crippen LogP) is 3.66. The maximum absolute atomic E-state index is 11.9. The van der Waals surface area contributed by atoms with Crippen LogP contribution in [0.5, 0.6) is 0 Å². The molecule has 0 aliphatic heterocycles. The van der Waals surface area contributed by atoms with Crippen molar-refractivity contribution in [3.8, 4) is 0 Å². The highest BCUT2D eigenvalue weighted by atomic mass is 35.5. The third-order valence-electron chi connectivity index (χ3n) is 2.78. The van der Waals surface area contributed by atoms with Crippen LogP contribution in [0.4, 0.5) is 10.9 Å². The molecule has 22 heavy (non-hydrogen) atoms. The summed E-state index contributed by atoms with van der Waals surface area (Å²) in [5.41, 5.74) is 1.09. The highest BCUT2D eigenvalue weighted by Crippen LogP contribution is 2.30. The fourth-order valence-electron chi connectivity index (χ4n) is 1.84. The van der Waals surface area contributed by atoms with E-state index in [1.54, 1.807) is 13.0 Å². The smallest absolute Gasteiger partial charge is 0.343 e. The zero-order chi connectivity index (χ0) is 15.5. The van der Waals surface area contributed by atoms with Gasteiger partial charge in [0, 0.05) is 11.2 Å². The van der Waals surface area contributed by atoms with E-state index in [4.69, 9.17) is 16.3 Å². The Morgan fingerprint density at radius 2 is 2.32 bits per heavy atom. The van der Waals surface area contributed by atoms with Crippen LogP contribution in [0.2, 0.25) is 5.02 Å². The molecule has 1 N–H and O–H groups in total. The van der Waals surface area contributed by atoms with E-state index >= 15 is 0 Å². The number of rotatable bonds is 4. The van der Waals surface area contributed by atoms with Crippen molar-refractivity contribution in [3.63, 3.8) is 0 Å². The molecule has 2 heterocycles. The van der Waals surface area contributed by atoms with E-state index in [1.165, 1.54) is 23.9 Å². The number of nitrogens with one attached hydrogen (secondary N) is 1. The van der Waals surface area contributed by atoms with Gasteiger partial charge in [0.25, 0.3) is 0 Å². The van der Waals surface area contributed by atoms with Crippen molar-refractivity contribution >= 4 is 50.1 Å². The number of fused-ring (bicyclic) bond motifs is 1. The zero-order valence-corrected chi connectivity index (χ0v) is 13.1. The van der Waals surface area contributed by atoms with Crippen molar-refractivity contribution in [1.82, 2.24) is 15.0 Å². The lowest BCUT2D eigenvalue weighted by atomic mass is 10.3. The van der Waals surface area contributed by atoms with Crippen molar-refractivity contribution in [1.29, 1.82) is 0 Å². The molecule has 0 atom stereocenters. The van der Waals surface area contributed by atoms with E-state index in [0.29, 0.717) is 16.0 Å². The summed E-state index contributed by atoms with van der Waals surface area (Å²) in [4.78, 5) is 24.3. The van der Waals surface area contributed by atoms with Crippen molar-refractivity contribution in [2.45, 2.75) is 6.92 Å². The van der Waals surface area contributed by atoms with Crippen LogP contribution in [0.3, 0.4) is 0 Å². The summed E-state index contributed by atoms with van der Waals surface area (Å²) in [6.45, 7) is 2.03. The summed E-state index contributed by atoms with van der Waals surface area (Å²) < 4.78 is 5.93. The van der Waals surface area contributed by atoms with Crippen LogP contribution in [-0.4, -0.2) is 27.5 Å². The minimum Gasteiger partial charge on any atom is -0.462 e. The number of carbonyl (C=O) groups is 1.